The van der Waals surface area contributed by atoms with E-state index in [1.807, 2.05) is 13.8 Å². The molecule has 5 nitrogen and oxygen atoms in total. The standard InChI is InChI=1S/C9H15N3O2/c1-5(2)7-8(6(13)3-4-10)12-9(14)11-7/h5H,3-4,10H2,1-2H3,(H2,11,12,14). The summed E-state index contributed by atoms with van der Waals surface area (Å²) in [6.45, 7) is 4.13. The summed E-state index contributed by atoms with van der Waals surface area (Å²) in [5.74, 6) is 0.000208. The van der Waals surface area contributed by atoms with Crippen LogP contribution in [-0.2, 0) is 0 Å². The monoisotopic (exact) mass is 197 g/mol. The lowest BCUT2D eigenvalue weighted by Crippen LogP contribution is -2.11. The average molecular weight is 197 g/mol. The first-order chi connectivity index (χ1) is 6.56. The molecule has 1 rings (SSSR count). The molecule has 0 radical (unpaired) electrons. The molecule has 1 aromatic rings. The van der Waals surface area contributed by atoms with Crippen LogP contribution in [0.25, 0.3) is 0 Å². The molecule has 0 saturated carbocycles. The number of imidazole rings is 1. The number of rotatable bonds is 4. The number of aromatic amines is 2. The summed E-state index contributed by atoms with van der Waals surface area (Å²) in [6, 6.07) is 0. The number of carbonyl (C=O) groups excluding carboxylic acids is 1. The lowest BCUT2D eigenvalue weighted by molar-refractivity contribution is 0.0979. The fraction of sp³-hybridized carbons (Fsp3) is 0.556. The summed E-state index contributed by atoms with van der Waals surface area (Å²) < 4.78 is 0. The Bertz CT molecular complexity index is 376. The fourth-order valence-electron chi connectivity index (χ4n) is 1.31. The van der Waals surface area contributed by atoms with Gasteiger partial charge in [-0.2, -0.15) is 0 Å². The molecule has 0 aliphatic heterocycles. The number of carbonyl (C=O) groups is 1. The molecule has 0 amide bonds. The van der Waals surface area contributed by atoms with E-state index in [-0.39, 0.29) is 23.8 Å². The Morgan fingerprint density at radius 3 is 2.57 bits per heavy atom. The normalized spacial score (nSPS) is 10.9. The van der Waals surface area contributed by atoms with Gasteiger partial charge in [-0.25, -0.2) is 4.79 Å². The zero-order valence-electron chi connectivity index (χ0n) is 8.39. The SMILES string of the molecule is CC(C)c1[nH]c(=O)[nH]c1C(=O)CCN. The van der Waals surface area contributed by atoms with Crippen LogP contribution in [0.15, 0.2) is 4.79 Å². The van der Waals surface area contributed by atoms with Gasteiger partial charge in [0.2, 0.25) is 0 Å². The smallest absolute Gasteiger partial charge is 0.323 e. The Kier molecular flexibility index (Phi) is 3.24. The van der Waals surface area contributed by atoms with E-state index < -0.39 is 0 Å². The molecule has 1 aromatic heterocycles. The van der Waals surface area contributed by atoms with Crippen molar-refractivity contribution in [3.05, 3.63) is 21.9 Å². The van der Waals surface area contributed by atoms with E-state index in [1.54, 1.807) is 0 Å². The summed E-state index contributed by atoms with van der Waals surface area (Å²) in [5.41, 5.74) is 5.97. The lowest BCUT2D eigenvalue weighted by Gasteiger charge is -2.04. The van der Waals surface area contributed by atoms with E-state index in [4.69, 9.17) is 5.73 Å². The minimum atomic E-state index is -0.339. The van der Waals surface area contributed by atoms with Crippen LogP contribution in [0.1, 0.15) is 42.4 Å². The Balaban J connectivity index is 3.06. The number of nitrogens with one attached hydrogen (secondary N) is 2. The summed E-state index contributed by atoms with van der Waals surface area (Å²) >= 11 is 0. The fourth-order valence-corrected chi connectivity index (χ4v) is 1.31. The van der Waals surface area contributed by atoms with Crippen molar-refractivity contribution in [1.82, 2.24) is 9.97 Å². The maximum atomic E-state index is 11.5. The van der Waals surface area contributed by atoms with Gasteiger partial charge in [-0.15, -0.1) is 0 Å². The summed E-state index contributed by atoms with van der Waals surface area (Å²) in [6.07, 6.45) is 0.257. The van der Waals surface area contributed by atoms with Gasteiger partial charge >= 0.3 is 5.69 Å². The molecule has 0 atom stereocenters. The molecule has 4 N–H and O–H groups in total. The number of H-pyrrole nitrogens is 2. The quantitative estimate of drug-likeness (QED) is 0.608. The van der Waals surface area contributed by atoms with Crippen LogP contribution in [-0.4, -0.2) is 22.3 Å². The van der Waals surface area contributed by atoms with Crippen molar-refractivity contribution in [2.75, 3.05) is 6.54 Å². The van der Waals surface area contributed by atoms with Gasteiger partial charge in [-0.1, -0.05) is 13.8 Å². The second-order valence-corrected chi connectivity index (χ2v) is 3.48. The third-order valence-corrected chi connectivity index (χ3v) is 1.98. The largest absolute Gasteiger partial charge is 0.330 e. The molecule has 0 aliphatic rings. The van der Waals surface area contributed by atoms with Gasteiger partial charge in [0.1, 0.15) is 5.69 Å². The minimum absolute atomic E-state index is 0.116. The van der Waals surface area contributed by atoms with E-state index in [2.05, 4.69) is 9.97 Å². The summed E-state index contributed by atoms with van der Waals surface area (Å²) in [4.78, 5) is 27.6. The van der Waals surface area contributed by atoms with Crippen LogP contribution in [0.4, 0.5) is 0 Å². The highest BCUT2D eigenvalue weighted by molar-refractivity contribution is 5.95. The highest BCUT2D eigenvalue weighted by Crippen LogP contribution is 2.14. The van der Waals surface area contributed by atoms with Gasteiger partial charge < -0.3 is 15.7 Å². The summed E-state index contributed by atoms with van der Waals surface area (Å²) in [7, 11) is 0. The van der Waals surface area contributed by atoms with Gasteiger partial charge in [-0.05, 0) is 12.5 Å². The van der Waals surface area contributed by atoms with Crippen molar-refractivity contribution in [3.8, 4) is 0 Å². The Labute approximate surface area is 81.7 Å². The summed E-state index contributed by atoms with van der Waals surface area (Å²) in [5, 5.41) is 0. The first kappa shape index (κ1) is 10.7. The molecule has 0 unspecified atom stereocenters. The molecule has 0 bridgehead atoms. The zero-order chi connectivity index (χ0) is 10.7. The molecule has 0 aliphatic carbocycles. The van der Waals surface area contributed by atoms with Crippen molar-refractivity contribution >= 4 is 5.78 Å². The van der Waals surface area contributed by atoms with Gasteiger partial charge in [0, 0.05) is 12.1 Å². The van der Waals surface area contributed by atoms with E-state index >= 15 is 0 Å². The van der Waals surface area contributed by atoms with E-state index in [1.165, 1.54) is 0 Å². The van der Waals surface area contributed by atoms with Crippen molar-refractivity contribution < 1.29 is 4.79 Å². The molecule has 0 spiro atoms. The maximum Gasteiger partial charge on any atom is 0.323 e. The Hall–Kier alpha value is -1.36. The average Bonchev–Trinajstić information content (AvgIpc) is 2.48. The van der Waals surface area contributed by atoms with Crippen molar-refractivity contribution in [2.24, 2.45) is 5.73 Å². The molecular formula is C9H15N3O2. The van der Waals surface area contributed by atoms with Crippen LogP contribution in [0.3, 0.4) is 0 Å². The Morgan fingerprint density at radius 1 is 1.43 bits per heavy atom. The highest BCUT2D eigenvalue weighted by Gasteiger charge is 2.16. The second-order valence-electron chi connectivity index (χ2n) is 3.48. The molecule has 0 aromatic carbocycles. The van der Waals surface area contributed by atoms with Gasteiger partial charge in [0.25, 0.3) is 0 Å². The molecule has 1 heterocycles. The number of hydrogen-bond acceptors (Lipinski definition) is 3. The molecule has 0 saturated heterocycles. The van der Waals surface area contributed by atoms with Crippen molar-refractivity contribution in [2.45, 2.75) is 26.2 Å². The molecule has 5 heteroatoms. The van der Waals surface area contributed by atoms with Crippen LogP contribution in [0, 0.1) is 0 Å². The van der Waals surface area contributed by atoms with E-state index in [0.717, 1.165) is 0 Å². The minimum Gasteiger partial charge on any atom is -0.330 e. The zero-order valence-corrected chi connectivity index (χ0v) is 8.39. The first-order valence-corrected chi connectivity index (χ1v) is 4.61. The molecular weight excluding hydrogens is 182 g/mol. The first-order valence-electron chi connectivity index (χ1n) is 4.61. The molecule has 78 valence electrons. The van der Waals surface area contributed by atoms with Gasteiger partial charge in [-0.3, -0.25) is 4.79 Å². The number of Topliss-reactive ketones (excluding diaryl/α,β-unsaturated/α-hetero) is 1. The van der Waals surface area contributed by atoms with Crippen molar-refractivity contribution in [3.63, 3.8) is 0 Å². The van der Waals surface area contributed by atoms with Crippen LogP contribution < -0.4 is 11.4 Å². The molecule has 14 heavy (non-hydrogen) atoms. The third kappa shape index (κ3) is 2.11. The predicted molar refractivity (Wildman–Crippen MR) is 53.5 cm³/mol. The van der Waals surface area contributed by atoms with Gasteiger partial charge in [0.05, 0.1) is 0 Å². The third-order valence-electron chi connectivity index (χ3n) is 1.98. The van der Waals surface area contributed by atoms with Crippen LogP contribution in [0.2, 0.25) is 0 Å². The number of ketones is 1. The Morgan fingerprint density at radius 2 is 2.07 bits per heavy atom. The number of hydrogen-bond donors (Lipinski definition) is 3. The van der Waals surface area contributed by atoms with Crippen molar-refractivity contribution in [1.29, 1.82) is 0 Å². The highest BCUT2D eigenvalue weighted by atomic mass is 16.1. The lowest BCUT2D eigenvalue weighted by atomic mass is 10.1. The number of nitrogens with two attached hydrogens (primary N) is 1. The maximum absolute atomic E-state index is 11.5. The van der Waals surface area contributed by atoms with E-state index in [9.17, 15) is 9.59 Å². The van der Waals surface area contributed by atoms with E-state index in [0.29, 0.717) is 17.9 Å². The topological polar surface area (TPSA) is 91.7 Å². The van der Waals surface area contributed by atoms with Crippen LogP contribution >= 0.6 is 0 Å². The number of aromatic nitrogens is 2. The second kappa shape index (κ2) is 4.23. The van der Waals surface area contributed by atoms with Crippen LogP contribution in [0.5, 0.6) is 0 Å². The predicted octanol–water partition coefficient (Wildman–Crippen LogP) is 0.358. The van der Waals surface area contributed by atoms with Gasteiger partial charge in [0.15, 0.2) is 5.78 Å². The molecule has 0 fully saturated rings.